The Morgan fingerprint density at radius 1 is 1.45 bits per heavy atom. The van der Waals surface area contributed by atoms with Gasteiger partial charge in [0.2, 0.25) is 0 Å². The van der Waals surface area contributed by atoms with Gasteiger partial charge in [-0.2, -0.15) is 0 Å². The van der Waals surface area contributed by atoms with Crippen molar-refractivity contribution in [2.24, 2.45) is 7.05 Å². The number of aromatic nitrogens is 3. The standard InChI is InChI=1S/C16H20N4O2/c1-19-11-17-18-15(19)10-20-7-3-6-14(9-20)12-4-2-5-13(8-12)16(21)22/h2,4-5,8,11,14H,3,6-7,9-10H2,1H3,(H,21,22)/t14-/m0/s1. The third-order valence-corrected chi connectivity index (χ3v) is 4.28. The Morgan fingerprint density at radius 3 is 3.05 bits per heavy atom. The second-order valence-corrected chi connectivity index (χ2v) is 5.86. The van der Waals surface area contributed by atoms with Gasteiger partial charge in [0.1, 0.15) is 12.2 Å². The van der Waals surface area contributed by atoms with Gasteiger partial charge < -0.3 is 9.67 Å². The molecule has 0 bridgehead atoms. The fourth-order valence-electron chi connectivity index (χ4n) is 3.05. The van der Waals surface area contributed by atoms with Gasteiger partial charge in [-0.3, -0.25) is 4.90 Å². The number of piperidine rings is 1. The first-order valence-corrected chi connectivity index (χ1v) is 7.52. The molecule has 0 saturated carbocycles. The van der Waals surface area contributed by atoms with Crippen LogP contribution in [0, 0.1) is 0 Å². The largest absolute Gasteiger partial charge is 0.478 e. The van der Waals surface area contributed by atoms with Crippen LogP contribution in [0.15, 0.2) is 30.6 Å². The molecule has 6 heteroatoms. The van der Waals surface area contributed by atoms with Crippen molar-refractivity contribution in [1.82, 2.24) is 19.7 Å². The number of carboxylic acid groups (broad SMARTS) is 1. The smallest absolute Gasteiger partial charge is 0.335 e. The van der Waals surface area contributed by atoms with Crippen LogP contribution < -0.4 is 0 Å². The van der Waals surface area contributed by atoms with Crippen LogP contribution in [0.25, 0.3) is 0 Å². The monoisotopic (exact) mass is 300 g/mol. The summed E-state index contributed by atoms with van der Waals surface area (Å²) in [6.07, 6.45) is 3.92. The first-order chi connectivity index (χ1) is 10.6. The van der Waals surface area contributed by atoms with Gasteiger partial charge in [-0.15, -0.1) is 10.2 Å². The van der Waals surface area contributed by atoms with Gasteiger partial charge in [0.05, 0.1) is 12.1 Å². The molecular weight excluding hydrogens is 280 g/mol. The van der Waals surface area contributed by atoms with Gasteiger partial charge in [-0.25, -0.2) is 4.79 Å². The Balaban J connectivity index is 1.71. The van der Waals surface area contributed by atoms with Crippen LogP contribution in [0.5, 0.6) is 0 Å². The van der Waals surface area contributed by atoms with Gasteiger partial charge in [0, 0.05) is 13.6 Å². The average molecular weight is 300 g/mol. The van der Waals surface area contributed by atoms with Crippen LogP contribution in [0.1, 0.15) is 40.5 Å². The molecule has 1 aliphatic heterocycles. The van der Waals surface area contributed by atoms with Gasteiger partial charge >= 0.3 is 5.97 Å². The molecule has 0 unspecified atom stereocenters. The molecule has 6 nitrogen and oxygen atoms in total. The molecule has 22 heavy (non-hydrogen) atoms. The quantitative estimate of drug-likeness (QED) is 0.933. The first kappa shape index (κ1) is 14.7. The minimum absolute atomic E-state index is 0.364. The Labute approximate surface area is 129 Å². The molecule has 116 valence electrons. The number of benzene rings is 1. The van der Waals surface area contributed by atoms with Gasteiger partial charge in [0.15, 0.2) is 0 Å². The molecule has 1 atom stereocenters. The zero-order valence-electron chi connectivity index (χ0n) is 12.6. The number of hydrogen-bond donors (Lipinski definition) is 1. The highest BCUT2D eigenvalue weighted by Crippen LogP contribution is 2.28. The molecule has 1 fully saturated rings. The van der Waals surface area contributed by atoms with Crippen molar-refractivity contribution in [3.63, 3.8) is 0 Å². The predicted molar refractivity (Wildman–Crippen MR) is 81.7 cm³/mol. The van der Waals surface area contributed by atoms with E-state index in [-0.39, 0.29) is 0 Å². The summed E-state index contributed by atoms with van der Waals surface area (Å²) in [6.45, 7) is 2.75. The zero-order valence-corrected chi connectivity index (χ0v) is 12.6. The zero-order chi connectivity index (χ0) is 15.5. The van der Waals surface area contributed by atoms with E-state index in [1.165, 1.54) is 0 Å². The van der Waals surface area contributed by atoms with E-state index < -0.39 is 5.97 Å². The van der Waals surface area contributed by atoms with Crippen molar-refractivity contribution in [1.29, 1.82) is 0 Å². The molecular formula is C16H20N4O2. The molecule has 1 aromatic carbocycles. The van der Waals surface area contributed by atoms with E-state index in [4.69, 9.17) is 5.11 Å². The SMILES string of the molecule is Cn1cnnc1CN1CCC[C@H](c2cccc(C(=O)O)c2)C1. The lowest BCUT2D eigenvalue weighted by atomic mass is 9.89. The topological polar surface area (TPSA) is 71.2 Å². The van der Waals surface area contributed by atoms with E-state index in [2.05, 4.69) is 15.1 Å². The van der Waals surface area contributed by atoms with Crippen molar-refractivity contribution in [3.05, 3.63) is 47.5 Å². The summed E-state index contributed by atoms with van der Waals surface area (Å²) in [5.41, 5.74) is 1.48. The third-order valence-electron chi connectivity index (χ3n) is 4.28. The molecule has 0 aliphatic carbocycles. The normalized spacial score (nSPS) is 19.2. The van der Waals surface area contributed by atoms with Crippen molar-refractivity contribution in [2.45, 2.75) is 25.3 Å². The molecule has 1 N–H and O–H groups in total. The van der Waals surface area contributed by atoms with Crippen LogP contribution >= 0.6 is 0 Å². The molecule has 0 amide bonds. The van der Waals surface area contributed by atoms with Crippen molar-refractivity contribution in [2.75, 3.05) is 13.1 Å². The Morgan fingerprint density at radius 2 is 2.32 bits per heavy atom. The summed E-state index contributed by atoms with van der Waals surface area (Å²) < 4.78 is 1.94. The lowest BCUT2D eigenvalue weighted by Gasteiger charge is -2.32. The molecule has 3 rings (SSSR count). The Hall–Kier alpha value is -2.21. The number of nitrogens with zero attached hydrogens (tertiary/aromatic N) is 4. The summed E-state index contributed by atoms with van der Waals surface area (Å²) >= 11 is 0. The molecule has 1 aliphatic rings. The molecule has 2 heterocycles. The highest BCUT2D eigenvalue weighted by atomic mass is 16.4. The number of hydrogen-bond acceptors (Lipinski definition) is 4. The number of carbonyl (C=O) groups is 1. The fraction of sp³-hybridized carbons (Fsp3) is 0.438. The summed E-state index contributed by atoms with van der Waals surface area (Å²) in [6, 6.07) is 7.31. The van der Waals surface area contributed by atoms with Crippen LogP contribution in [0.2, 0.25) is 0 Å². The number of aromatic carboxylic acids is 1. The maximum atomic E-state index is 11.1. The number of rotatable bonds is 4. The highest BCUT2D eigenvalue weighted by molar-refractivity contribution is 5.87. The lowest BCUT2D eigenvalue weighted by Crippen LogP contribution is -2.34. The summed E-state index contributed by atoms with van der Waals surface area (Å²) in [5, 5.41) is 17.2. The summed E-state index contributed by atoms with van der Waals surface area (Å²) in [4.78, 5) is 13.5. The average Bonchev–Trinajstić information content (AvgIpc) is 2.93. The van der Waals surface area contributed by atoms with Crippen LogP contribution in [-0.2, 0) is 13.6 Å². The van der Waals surface area contributed by atoms with E-state index in [1.807, 2.05) is 23.7 Å². The van der Waals surface area contributed by atoms with Crippen LogP contribution in [0.3, 0.4) is 0 Å². The fourth-order valence-corrected chi connectivity index (χ4v) is 3.05. The summed E-state index contributed by atoms with van der Waals surface area (Å²) in [7, 11) is 1.95. The minimum Gasteiger partial charge on any atom is -0.478 e. The van der Waals surface area contributed by atoms with E-state index in [1.54, 1.807) is 18.5 Å². The van der Waals surface area contributed by atoms with Gasteiger partial charge in [0.25, 0.3) is 0 Å². The first-order valence-electron chi connectivity index (χ1n) is 7.52. The minimum atomic E-state index is -0.867. The second-order valence-electron chi connectivity index (χ2n) is 5.86. The van der Waals surface area contributed by atoms with Crippen LogP contribution in [-0.4, -0.2) is 43.8 Å². The molecule has 0 radical (unpaired) electrons. The van der Waals surface area contributed by atoms with E-state index in [9.17, 15) is 4.79 Å². The number of likely N-dealkylation sites (tertiary alicyclic amines) is 1. The Bertz CT molecular complexity index is 668. The van der Waals surface area contributed by atoms with Crippen molar-refractivity contribution in [3.8, 4) is 0 Å². The molecule has 1 aromatic heterocycles. The third kappa shape index (κ3) is 3.17. The molecule has 1 saturated heterocycles. The predicted octanol–water partition coefficient (Wildman–Crippen LogP) is 1.89. The van der Waals surface area contributed by atoms with E-state index >= 15 is 0 Å². The molecule has 0 spiro atoms. The second kappa shape index (κ2) is 6.27. The Kier molecular flexibility index (Phi) is 4.20. The highest BCUT2D eigenvalue weighted by Gasteiger charge is 2.23. The van der Waals surface area contributed by atoms with Gasteiger partial charge in [-0.05, 0) is 43.0 Å². The van der Waals surface area contributed by atoms with E-state index in [0.717, 1.165) is 43.9 Å². The van der Waals surface area contributed by atoms with Crippen LogP contribution in [0.4, 0.5) is 0 Å². The van der Waals surface area contributed by atoms with Crippen molar-refractivity contribution < 1.29 is 9.90 Å². The van der Waals surface area contributed by atoms with Gasteiger partial charge in [-0.1, -0.05) is 12.1 Å². The number of carboxylic acids is 1. The lowest BCUT2D eigenvalue weighted by molar-refractivity contribution is 0.0696. The summed E-state index contributed by atoms with van der Waals surface area (Å²) in [5.74, 6) is 0.467. The maximum Gasteiger partial charge on any atom is 0.335 e. The maximum absolute atomic E-state index is 11.1. The number of aryl methyl sites for hydroxylation is 1. The molecule has 2 aromatic rings. The van der Waals surface area contributed by atoms with Crippen molar-refractivity contribution >= 4 is 5.97 Å². The van der Waals surface area contributed by atoms with E-state index in [0.29, 0.717) is 11.5 Å².